The third-order valence-electron chi connectivity index (χ3n) is 2.08. The molecule has 0 saturated carbocycles. The number of rotatable bonds is 4. The topological polar surface area (TPSA) is 77.2 Å². The van der Waals surface area contributed by atoms with E-state index in [2.05, 4.69) is 26.3 Å². The molecule has 2 aromatic heterocycles. The Morgan fingerprint density at radius 2 is 2.33 bits per heavy atom. The summed E-state index contributed by atoms with van der Waals surface area (Å²) in [5.74, 6) is 5.43. The summed E-state index contributed by atoms with van der Waals surface area (Å²) >= 11 is 4.65. The maximum atomic E-state index is 11.3. The first-order chi connectivity index (χ1) is 8.69. The molecule has 2 rings (SSSR count). The van der Waals surface area contributed by atoms with Gasteiger partial charge in [-0.25, -0.2) is 5.84 Å². The fourth-order valence-electron chi connectivity index (χ4n) is 1.27. The number of ether oxygens (including phenoxy) is 1. The van der Waals surface area contributed by atoms with Gasteiger partial charge in [-0.05, 0) is 34.1 Å². The van der Waals surface area contributed by atoms with Crippen molar-refractivity contribution in [1.82, 2.24) is 10.4 Å². The summed E-state index contributed by atoms with van der Waals surface area (Å²) in [7, 11) is 0. The second-order valence-corrected chi connectivity index (χ2v) is 5.45. The highest BCUT2D eigenvalue weighted by atomic mass is 79.9. The molecule has 0 radical (unpaired) electrons. The Morgan fingerprint density at radius 3 is 3.06 bits per heavy atom. The molecule has 0 atom stereocenters. The highest BCUT2D eigenvalue weighted by molar-refractivity contribution is 9.10. The van der Waals surface area contributed by atoms with Gasteiger partial charge in [0.05, 0.1) is 11.1 Å². The van der Waals surface area contributed by atoms with Crippen LogP contribution in [0.5, 0.6) is 5.75 Å². The number of carbonyl (C=O) groups excluding carboxylic acids is 1. The van der Waals surface area contributed by atoms with E-state index in [0.717, 1.165) is 9.35 Å². The van der Waals surface area contributed by atoms with Crippen LogP contribution in [-0.2, 0) is 6.61 Å². The van der Waals surface area contributed by atoms with Crippen molar-refractivity contribution in [2.45, 2.75) is 6.61 Å². The molecule has 0 fully saturated rings. The molecule has 18 heavy (non-hydrogen) atoms. The summed E-state index contributed by atoms with van der Waals surface area (Å²) in [5, 5.41) is 0. The third kappa shape index (κ3) is 3.28. The Kier molecular flexibility index (Phi) is 4.29. The fourth-order valence-corrected chi connectivity index (χ4v) is 2.44. The molecule has 0 aliphatic heterocycles. The van der Waals surface area contributed by atoms with Gasteiger partial charge in [-0.2, -0.15) is 0 Å². The number of aromatic nitrogens is 1. The van der Waals surface area contributed by atoms with Gasteiger partial charge in [0, 0.05) is 15.5 Å². The summed E-state index contributed by atoms with van der Waals surface area (Å²) in [4.78, 5) is 16.8. The van der Waals surface area contributed by atoms with Crippen LogP contribution < -0.4 is 16.0 Å². The van der Waals surface area contributed by atoms with Crippen molar-refractivity contribution in [3.05, 3.63) is 44.8 Å². The average molecular weight is 328 g/mol. The second-order valence-electron chi connectivity index (χ2n) is 3.37. The number of halogens is 1. The number of hydrogen-bond acceptors (Lipinski definition) is 5. The van der Waals surface area contributed by atoms with Crippen LogP contribution in [0, 0.1) is 0 Å². The monoisotopic (exact) mass is 327 g/mol. The molecule has 3 N–H and O–H groups in total. The number of nitrogen functional groups attached to an aromatic ring is 1. The number of amides is 1. The molecular weight excluding hydrogens is 318 g/mol. The fraction of sp³-hybridized carbons (Fsp3) is 0.0909. The highest BCUT2D eigenvalue weighted by Crippen LogP contribution is 2.20. The van der Waals surface area contributed by atoms with Gasteiger partial charge in [0.25, 0.3) is 5.91 Å². The van der Waals surface area contributed by atoms with Crippen molar-refractivity contribution in [3.63, 3.8) is 0 Å². The molecule has 0 bridgehead atoms. The minimum Gasteiger partial charge on any atom is -0.486 e. The zero-order chi connectivity index (χ0) is 13.0. The van der Waals surface area contributed by atoms with Crippen LogP contribution in [0.25, 0.3) is 0 Å². The van der Waals surface area contributed by atoms with Crippen LogP contribution in [0.3, 0.4) is 0 Å². The van der Waals surface area contributed by atoms with E-state index < -0.39 is 0 Å². The zero-order valence-corrected chi connectivity index (χ0v) is 11.6. The van der Waals surface area contributed by atoms with E-state index in [1.54, 1.807) is 18.5 Å². The Labute approximate surface area is 116 Å². The molecule has 0 aliphatic rings. The van der Waals surface area contributed by atoms with Crippen molar-refractivity contribution >= 4 is 33.2 Å². The predicted molar refractivity (Wildman–Crippen MR) is 72.2 cm³/mol. The minimum absolute atomic E-state index is 0.296. The van der Waals surface area contributed by atoms with Gasteiger partial charge in [0.2, 0.25) is 0 Å². The van der Waals surface area contributed by atoms with Crippen molar-refractivity contribution in [1.29, 1.82) is 0 Å². The molecule has 7 heteroatoms. The Balaban J connectivity index is 1.98. The molecule has 2 heterocycles. The Morgan fingerprint density at radius 1 is 1.50 bits per heavy atom. The van der Waals surface area contributed by atoms with Gasteiger partial charge >= 0.3 is 0 Å². The lowest BCUT2D eigenvalue weighted by molar-refractivity contribution is 0.0957. The van der Waals surface area contributed by atoms with E-state index in [1.165, 1.54) is 11.3 Å². The molecule has 0 aromatic carbocycles. The SMILES string of the molecule is NNC(=O)c1ccc(COc2cncc(Br)c2)s1. The van der Waals surface area contributed by atoms with Gasteiger partial charge in [-0.1, -0.05) is 0 Å². The van der Waals surface area contributed by atoms with Crippen LogP contribution in [0.2, 0.25) is 0 Å². The number of thiophene rings is 1. The van der Waals surface area contributed by atoms with E-state index in [9.17, 15) is 4.79 Å². The normalized spacial score (nSPS) is 10.1. The van der Waals surface area contributed by atoms with Crippen LogP contribution in [0.1, 0.15) is 14.5 Å². The van der Waals surface area contributed by atoms with E-state index in [1.807, 2.05) is 12.1 Å². The van der Waals surface area contributed by atoms with Crippen LogP contribution in [0.4, 0.5) is 0 Å². The van der Waals surface area contributed by atoms with Crippen molar-refractivity contribution in [3.8, 4) is 5.75 Å². The van der Waals surface area contributed by atoms with Crippen molar-refractivity contribution in [2.75, 3.05) is 0 Å². The molecule has 0 saturated heterocycles. The number of nitrogens with one attached hydrogen (secondary N) is 1. The van der Waals surface area contributed by atoms with Crippen LogP contribution in [0.15, 0.2) is 35.1 Å². The van der Waals surface area contributed by atoms with E-state index in [-0.39, 0.29) is 5.91 Å². The number of hydrogen-bond donors (Lipinski definition) is 2. The second kappa shape index (κ2) is 5.94. The summed E-state index contributed by atoms with van der Waals surface area (Å²) < 4.78 is 6.41. The maximum Gasteiger partial charge on any atom is 0.275 e. The summed E-state index contributed by atoms with van der Waals surface area (Å²) in [6.07, 6.45) is 3.31. The molecule has 0 aliphatic carbocycles. The molecular formula is C11H10BrN3O2S. The highest BCUT2D eigenvalue weighted by Gasteiger charge is 2.07. The van der Waals surface area contributed by atoms with E-state index in [0.29, 0.717) is 17.2 Å². The Bertz CT molecular complexity index is 559. The first-order valence-electron chi connectivity index (χ1n) is 5.02. The molecule has 0 spiro atoms. The molecule has 5 nitrogen and oxygen atoms in total. The largest absolute Gasteiger partial charge is 0.486 e. The summed E-state index contributed by atoms with van der Waals surface area (Å²) in [6.45, 7) is 0.390. The standard InChI is InChI=1S/C11H10BrN3O2S/c12-7-3-8(5-14-4-7)17-6-9-1-2-10(18-9)11(16)15-13/h1-5H,6,13H2,(H,15,16). The number of nitrogens with two attached hydrogens (primary N) is 1. The number of hydrazine groups is 1. The zero-order valence-electron chi connectivity index (χ0n) is 9.22. The molecule has 94 valence electrons. The first kappa shape index (κ1) is 13.0. The smallest absolute Gasteiger partial charge is 0.275 e. The quantitative estimate of drug-likeness (QED) is 0.512. The van der Waals surface area contributed by atoms with Crippen LogP contribution in [-0.4, -0.2) is 10.9 Å². The lowest BCUT2D eigenvalue weighted by atomic mass is 10.4. The van der Waals surface area contributed by atoms with Gasteiger partial charge in [0.1, 0.15) is 12.4 Å². The van der Waals surface area contributed by atoms with Crippen LogP contribution >= 0.6 is 27.3 Å². The number of pyridine rings is 1. The van der Waals surface area contributed by atoms with Gasteiger partial charge < -0.3 is 4.74 Å². The molecule has 1 amide bonds. The third-order valence-corrected chi connectivity index (χ3v) is 3.57. The molecule has 0 unspecified atom stereocenters. The maximum absolute atomic E-state index is 11.3. The van der Waals surface area contributed by atoms with Crippen molar-refractivity contribution in [2.24, 2.45) is 5.84 Å². The molecule has 2 aromatic rings. The van der Waals surface area contributed by atoms with Crippen molar-refractivity contribution < 1.29 is 9.53 Å². The Hall–Kier alpha value is -1.44. The average Bonchev–Trinajstić information content (AvgIpc) is 2.84. The first-order valence-corrected chi connectivity index (χ1v) is 6.63. The van der Waals surface area contributed by atoms with Gasteiger partial charge in [-0.15, -0.1) is 11.3 Å². The number of carbonyl (C=O) groups is 1. The lowest BCUT2D eigenvalue weighted by Crippen LogP contribution is -2.29. The lowest BCUT2D eigenvalue weighted by Gasteiger charge is -2.03. The number of nitrogens with zero attached hydrogens (tertiary/aromatic N) is 1. The van der Waals surface area contributed by atoms with E-state index >= 15 is 0 Å². The van der Waals surface area contributed by atoms with Gasteiger partial charge in [0.15, 0.2) is 0 Å². The van der Waals surface area contributed by atoms with Gasteiger partial charge in [-0.3, -0.25) is 15.2 Å². The predicted octanol–water partition coefficient (Wildman–Crippen LogP) is 2.09. The summed E-state index contributed by atoms with van der Waals surface area (Å²) in [6, 6.07) is 5.37. The minimum atomic E-state index is -0.296. The summed E-state index contributed by atoms with van der Waals surface area (Å²) in [5.41, 5.74) is 2.09. The van der Waals surface area contributed by atoms with E-state index in [4.69, 9.17) is 10.6 Å².